The van der Waals surface area contributed by atoms with Crippen molar-refractivity contribution in [2.45, 2.75) is 32.7 Å². The van der Waals surface area contributed by atoms with Gasteiger partial charge in [-0.3, -0.25) is 0 Å². The standard InChI is InChI=1S/C14H22BrNO2S/c1-4-16-14(6-5-9-19(3,17)18)12-10-11(2)7-8-13(12)15/h7-8,10,14,16H,4-6,9H2,1-3H3. The van der Waals surface area contributed by atoms with Gasteiger partial charge in [-0.05, 0) is 37.9 Å². The quantitative estimate of drug-likeness (QED) is 0.823. The number of hydrogen-bond acceptors (Lipinski definition) is 3. The van der Waals surface area contributed by atoms with Crippen molar-refractivity contribution in [2.75, 3.05) is 18.6 Å². The molecule has 0 bridgehead atoms. The summed E-state index contributed by atoms with van der Waals surface area (Å²) in [5.41, 5.74) is 2.42. The molecule has 1 unspecified atom stereocenters. The van der Waals surface area contributed by atoms with Crippen LogP contribution in [0.4, 0.5) is 0 Å². The van der Waals surface area contributed by atoms with E-state index in [1.807, 2.05) is 6.07 Å². The van der Waals surface area contributed by atoms with Crippen LogP contribution >= 0.6 is 15.9 Å². The van der Waals surface area contributed by atoms with E-state index in [0.717, 1.165) is 17.4 Å². The number of benzene rings is 1. The number of halogens is 1. The molecule has 1 N–H and O–H groups in total. The minimum absolute atomic E-state index is 0.195. The summed E-state index contributed by atoms with van der Waals surface area (Å²) in [7, 11) is -2.87. The summed E-state index contributed by atoms with van der Waals surface area (Å²) in [6.07, 6.45) is 2.79. The predicted molar refractivity (Wildman–Crippen MR) is 84.2 cm³/mol. The van der Waals surface area contributed by atoms with Gasteiger partial charge in [-0.1, -0.05) is 40.5 Å². The molecule has 0 radical (unpaired) electrons. The molecule has 0 spiro atoms. The number of rotatable bonds is 7. The molecule has 0 fully saturated rings. The molecule has 0 saturated carbocycles. The first kappa shape index (κ1) is 16.7. The number of sulfone groups is 1. The molecule has 108 valence electrons. The fourth-order valence-electron chi connectivity index (χ4n) is 2.09. The Morgan fingerprint density at radius 1 is 1.37 bits per heavy atom. The van der Waals surface area contributed by atoms with Gasteiger partial charge in [0.2, 0.25) is 0 Å². The first-order chi connectivity index (χ1) is 8.83. The van der Waals surface area contributed by atoms with Crippen molar-refractivity contribution in [3.05, 3.63) is 33.8 Å². The first-order valence-electron chi connectivity index (χ1n) is 6.50. The highest BCUT2D eigenvalue weighted by Crippen LogP contribution is 2.27. The molecule has 0 aliphatic carbocycles. The van der Waals surface area contributed by atoms with Gasteiger partial charge in [-0.15, -0.1) is 0 Å². The van der Waals surface area contributed by atoms with Gasteiger partial charge in [0, 0.05) is 22.5 Å². The van der Waals surface area contributed by atoms with Crippen LogP contribution in [0.5, 0.6) is 0 Å². The smallest absolute Gasteiger partial charge is 0.147 e. The minimum atomic E-state index is -2.87. The van der Waals surface area contributed by atoms with Gasteiger partial charge in [0.05, 0.1) is 0 Å². The molecule has 5 heteroatoms. The fraction of sp³-hybridized carbons (Fsp3) is 0.571. The van der Waals surface area contributed by atoms with Crippen molar-refractivity contribution in [3.63, 3.8) is 0 Å². The van der Waals surface area contributed by atoms with E-state index < -0.39 is 9.84 Å². The Kier molecular flexibility index (Phi) is 6.50. The van der Waals surface area contributed by atoms with Crippen molar-refractivity contribution in [2.24, 2.45) is 0 Å². The van der Waals surface area contributed by atoms with Gasteiger partial charge in [-0.2, -0.15) is 0 Å². The lowest BCUT2D eigenvalue weighted by Crippen LogP contribution is -2.22. The van der Waals surface area contributed by atoms with Gasteiger partial charge in [-0.25, -0.2) is 8.42 Å². The van der Waals surface area contributed by atoms with Crippen LogP contribution < -0.4 is 5.32 Å². The molecule has 1 atom stereocenters. The molecule has 0 aliphatic rings. The van der Waals surface area contributed by atoms with Crippen molar-refractivity contribution in [1.82, 2.24) is 5.32 Å². The second-order valence-electron chi connectivity index (χ2n) is 4.91. The average molecular weight is 348 g/mol. The van der Waals surface area contributed by atoms with Gasteiger partial charge in [0.1, 0.15) is 9.84 Å². The molecule has 1 aromatic rings. The van der Waals surface area contributed by atoms with Crippen LogP contribution in [0.25, 0.3) is 0 Å². The largest absolute Gasteiger partial charge is 0.310 e. The zero-order valence-corrected chi connectivity index (χ0v) is 14.1. The van der Waals surface area contributed by atoms with Gasteiger partial charge in [0.15, 0.2) is 0 Å². The summed E-state index contributed by atoms with van der Waals surface area (Å²) in [5, 5.41) is 3.43. The van der Waals surface area contributed by atoms with E-state index in [1.54, 1.807) is 0 Å². The molecule has 0 saturated heterocycles. The SMILES string of the molecule is CCNC(CCCS(C)(=O)=O)c1cc(C)ccc1Br. The summed E-state index contributed by atoms with van der Waals surface area (Å²) < 4.78 is 23.5. The topological polar surface area (TPSA) is 46.2 Å². The van der Waals surface area contributed by atoms with E-state index in [1.165, 1.54) is 17.4 Å². The summed E-state index contributed by atoms with van der Waals surface area (Å²) in [6, 6.07) is 6.46. The normalized spacial score (nSPS) is 13.5. The lowest BCUT2D eigenvalue weighted by molar-refractivity contribution is 0.505. The molecular weight excluding hydrogens is 326 g/mol. The minimum Gasteiger partial charge on any atom is -0.310 e. The highest BCUT2D eigenvalue weighted by atomic mass is 79.9. The zero-order chi connectivity index (χ0) is 14.5. The highest BCUT2D eigenvalue weighted by Gasteiger charge is 2.14. The van der Waals surface area contributed by atoms with E-state index in [9.17, 15) is 8.42 Å². The summed E-state index contributed by atoms with van der Waals surface area (Å²) in [6.45, 7) is 4.99. The van der Waals surface area contributed by atoms with Crippen LogP contribution in [0, 0.1) is 6.92 Å². The molecular formula is C14H22BrNO2S. The third kappa shape index (κ3) is 6.06. The molecule has 0 amide bonds. The molecule has 0 aromatic heterocycles. The summed E-state index contributed by atoms with van der Waals surface area (Å²) in [4.78, 5) is 0. The third-order valence-electron chi connectivity index (χ3n) is 2.99. The van der Waals surface area contributed by atoms with Crippen LogP contribution in [0.15, 0.2) is 22.7 Å². The van der Waals surface area contributed by atoms with Crippen LogP contribution in [0.3, 0.4) is 0 Å². The fourth-order valence-corrected chi connectivity index (χ4v) is 3.31. The van der Waals surface area contributed by atoms with Crippen molar-refractivity contribution in [3.8, 4) is 0 Å². The van der Waals surface area contributed by atoms with Crippen molar-refractivity contribution < 1.29 is 8.42 Å². The molecule has 19 heavy (non-hydrogen) atoms. The van der Waals surface area contributed by atoms with E-state index in [4.69, 9.17) is 0 Å². The maximum atomic E-state index is 11.2. The van der Waals surface area contributed by atoms with E-state index in [0.29, 0.717) is 6.42 Å². The van der Waals surface area contributed by atoms with Crippen LogP contribution in [0.1, 0.15) is 36.9 Å². The number of nitrogens with one attached hydrogen (secondary N) is 1. The van der Waals surface area contributed by atoms with Gasteiger partial charge < -0.3 is 5.32 Å². The van der Waals surface area contributed by atoms with Crippen LogP contribution in [0.2, 0.25) is 0 Å². The molecule has 3 nitrogen and oxygen atoms in total. The van der Waals surface area contributed by atoms with E-state index in [-0.39, 0.29) is 11.8 Å². The lowest BCUT2D eigenvalue weighted by atomic mass is 10.0. The molecule has 1 rings (SSSR count). The Morgan fingerprint density at radius 2 is 2.05 bits per heavy atom. The zero-order valence-electron chi connectivity index (χ0n) is 11.7. The van der Waals surface area contributed by atoms with Gasteiger partial charge in [0.25, 0.3) is 0 Å². The Balaban J connectivity index is 2.79. The van der Waals surface area contributed by atoms with Crippen LogP contribution in [-0.4, -0.2) is 27.0 Å². The molecule has 0 aliphatic heterocycles. The van der Waals surface area contributed by atoms with E-state index >= 15 is 0 Å². The second kappa shape index (κ2) is 7.41. The monoisotopic (exact) mass is 347 g/mol. The first-order valence-corrected chi connectivity index (χ1v) is 9.36. The highest BCUT2D eigenvalue weighted by molar-refractivity contribution is 9.10. The van der Waals surface area contributed by atoms with E-state index in [2.05, 4.69) is 47.2 Å². The Labute approximate surface area is 124 Å². The summed E-state index contributed by atoms with van der Waals surface area (Å²) >= 11 is 3.57. The second-order valence-corrected chi connectivity index (χ2v) is 8.02. The van der Waals surface area contributed by atoms with Crippen LogP contribution in [-0.2, 0) is 9.84 Å². The molecule has 1 aromatic carbocycles. The summed E-state index contributed by atoms with van der Waals surface area (Å²) in [5.74, 6) is 0.248. The lowest BCUT2D eigenvalue weighted by Gasteiger charge is -2.20. The third-order valence-corrected chi connectivity index (χ3v) is 4.74. The Hall–Kier alpha value is -0.390. The maximum absolute atomic E-state index is 11.2. The Morgan fingerprint density at radius 3 is 2.63 bits per heavy atom. The van der Waals surface area contributed by atoms with Crippen molar-refractivity contribution >= 4 is 25.8 Å². The maximum Gasteiger partial charge on any atom is 0.147 e. The van der Waals surface area contributed by atoms with Crippen molar-refractivity contribution in [1.29, 1.82) is 0 Å². The average Bonchev–Trinajstić information content (AvgIpc) is 2.30. The predicted octanol–water partition coefficient (Wildman–Crippen LogP) is 3.23. The molecule has 0 heterocycles. The number of hydrogen-bond donors (Lipinski definition) is 1. The number of aryl methyl sites for hydroxylation is 1. The Bertz CT molecular complexity index is 514. The van der Waals surface area contributed by atoms with Gasteiger partial charge >= 0.3 is 0 Å².